The average Bonchev–Trinajstić information content (AvgIpc) is 3.33. The molecule has 0 aromatic rings. The van der Waals surface area contributed by atoms with Crippen molar-refractivity contribution in [2.75, 3.05) is 20.3 Å². The van der Waals surface area contributed by atoms with Crippen LogP contribution in [0.3, 0.4) is 0 Å². The van der Waals surface area contributed by atoms with E-state index < -0.39 is 88.7 Å². The summed E-state index contributed by atoms with van der Waals surface area (Å²) in [6.45, 7) is 2.80. The third-order valence-corrected chi connectivity index (χ3v) is 10.1. The molecule has 5 fully saturated rings. The fraction of sp³-hybridized carbons (Fsp3) is 0.913. The number of hydrogen-bond acceptors (Lipinski definition) is 12. The largest absolute Gasteiger partial charge is 0.461 e. The van der Waals surface area contributed by atoms with Crippen molar-refractivity contribution in [3.05, 3.63) is 0 Å². The fourth-order valence-corrected chi connectivity index (χ4v) is 8.11. The second kappa shape index (κ2) is 7.57. The molecule has 0 amide bonds. The van der Waals surface area contributed by atoms with Crippen LogP contribution in [0.25, 0.3) is 0 Å². The summed E-state index contributed by atoms with van der Waals surface area (Å²) >= 11 is 0. The zero-order valence-electron chi connectivity index (χ0n) is 19.9. The summed E-state index contributed by atoms with van der Waals surface area (Å²) < 4.78 is 21.8. The molecule has 12 atom stereocenters. The first-order valence-electron chi connectivity index (χ1n) is 12.0. The zero-order valence-corrected chi connectivity index (χ0v) is 19.9. The predicted molar refractivity (Wildman–Crippen MR) is 112 cm³/mol. The van der Waals surface area contributed by atoms with Crippen molar-refractivity contribution in [1.29, 1.82) is 0 Å². The van der Waals surface area contributed by atoms with Crippen molar-refractivity contribution in [3.8, 4) is 0 Å². The molecule has 12 heteroatoms. The summed E-state index contributed by atoms with van der Waals surface area (Å²) in [7, 11) is 1.46. The van der Waals surface area contributed by atoms with E-state index in [2.05, 4.69) is 0 Å². The normalized spacial score (nSPS) is 56.6. The Balaban J connectivity index is 1.56. The van der Waals surface area contributed by atoms with Crippen LogP contribution in [-0.2, 0) is 28.5 Å². The molecule has 0 radical (unpaired) electrons. The minimum absolute atomic E-state index is 0.0270. The van der Waals surface area contributed by atoms with Crippen molar-refractivity contribution < 1.29 is 59.2 Å². The molecule has 2 bridgehead atoms. The number of aliphatic hydroxyl groups excluding tert-OH is 4. The Labute approximate surface area is 201 Å². The molecule has 2 heterocycles. The number of hydrogen-bond donors (Lipinski definition) is 6. The Bertz CT molecular complexity index is 926. The van der Waals surface area contributed by atoms with Crippen molar-refractivity contribution >= 4 is 11.9 Å². The van der Waals surface area contributed by atoms with E-state index in [1.165, 1.54) is 7.11 Å². The Kier molecular flexibility index (Phi) is 5.47. The second-order valence-corrected chi connectivity index (χ2v) is 11.3. The first kappa shape index (κ1) is 25.3. The smallest absolute Gasteiger partial charge is 0.317 e. The minimum Gasteiger partial charge on any atom is -0.461 e. The fourth-order valence-electron chi connectivity index (χ4n) is 8.11. The van der Waals surface area contributed by atoms with Gasteiger partial charge in [-0.2, -0.15) is 0 Å². The summed E-state index contributed by atoms with van der Waals surface area (Å²) in [4.78, 5) is 27.2. The highest BCUT2D eigenvalue weighted by atomic mass is 16.7. The lowest BCUT2D eigenvalue weighted by molar-refractivity contribution is -0.299. The van der Waals surface area contributed by atoms with Crippen LogP contribution in [0, 0.1) is 22.2 Å². The lowest BCUT2D eigenvalue weighted by atomic mass is 9.61. The number of rotatable bonds is 5. The van der Waals surface area contributed by atoms with Gasteiger partial charge in [0.1, 0.15) is 52.6 Å². The summed E-state index contributed by atoms with van der Waals surface area (Å²) in [5.74, 6) is -2.25. The van der Waals surface area contributed by atoms with E-state index in [4.69, 9.17) is 18.9 Å². The van der Waals surface area contributed by atoms with Gasteiger partial charge in [-0.05, 0) is 25.2 Å². The van der Waals surface area contributed by atoms with Crippen LogP contribution in [0.4, 0.5) is 0 Å². The minimum atomic E-state index is -2.05. The third-order valence-electron chi connectivity index (χ3n) is 10.1. The first-order valence-corrected chi connectivity index (χ1v) is 12.0. The topological polar surface area (TPSA) is 192 Å². The van der Waals surface area contributed by atoms with Gasteiger partial charge in [0.2, 0.25) is 6.29 Å². The molecular weight excluding hydrogens is 468 g/mol. The number of aliphatic hydroxyl groups is 6. The van der Waals surface area contributed by atoms with Gasteiger partial charge in [0.15, 0.2) is 0 Å². The molecule has 2 aliphatic heterocycles. The Morgan fingerprint density at radius 1 is 1.14 bits per heavy atom. The Morgan fingerprint density at radius 3 is 2.46 bits per heavy atom. The third kappa shape index (κ3) is 2.55. The van der Waals surface area contributed by atoms with Crippen molar-refractivity contribution in [2.45, 2.75) is 87.5 Å². The lowest BCUT2D eigenvalue weighted by Crippen LogP contribution is -2.65. The molecule has 5 rings (SSSR count). The highest BCUT2D eigenvalue weighted by molar-refractivity contribution is 5.91. The van der Waals surface area contributed by atoms with E-state index in [1.807, 2.05) is 0 Å². The number of methoxy groups -OCH3 is 1. The van der Waals surface area contributed by atoms with Gasteiger partial charge in [-0.1, -0.05) is 13.8 Å². The van der Waals surface area contributed by atoms with Crippen LogP contribution in [0.5, 0.6) is 0 Å². The molecule has 0 aromatic carbocycles. The summed E-state index contributed by atoms with van der Waals surface area (Å²) in [5.41, 5.74) is -8.47. The van der Waals surface area contributed by atoms with Crippen LogP contribution < -0.4 is 0 Å². The molecule has 198 valence electrons. The molecule has 35 heavy (non-hydrogen) atoms. The van der Waals surface area contributed by atoms with Crippen molar-refractivity contribution in [2.24, 2.45) is 22.2 Å². The molecule has 2 saturated heterocycles. The maximum Gasteiger partial charge on any atom is 0.317 e. The maximum absolute atomic E-state index is 13.9. The van der Waals surface area contributed by atoms with Gasteiger partial charge in [0, 0.05) is 18.9 Å². The number of ether oxygens (including phenoxy) is 4. The molecule has 5 aliphatic rings. The number of esters is 2. The van der Waals surface area contributed by atoms with Gasteiger partial charge >= 0.3 is 11.9 Å². The second-order valence-electron chi connectivity index (χ2n) is 11.3. The standard InChI is InChI=1S/C23H34O12/c1-10-4-5-22(30)20(10,17(28)35-16-15(27)14(26)13(25)11(7-24)33-16)8-21-18(29)34-12(6-23(21,22)31)19(21,2)9-32-3/h10-16,24-27,30-31H,4-9H2,1-3H3/t10-,11+,12-,13+,14-,15+,16-,19+,20+,21-,22+,23-/m0/s1. The van der Waals surface area contributed by atoms with Crippen LogP contribution in [-0.4, -0.2) is 111 Å². The van der Waals surface area contributed by atoms with Gasteiger partial charge in [-0.15, -0.1) is 0 Å². The SMILES string of the molecule is COC[C@]1(C)[C@@H]2C[C@@]3(O)[C@@]4(O)CC[C@H](C)[C@@]4(C(=O)O[C@@H]4O[C@H](CO)[C@@H](O)[C@H](O)[C@H]4O)C[C@@]31C(=O)O2. The molecule has 3 aliphatic carbocycles. The molecule has 3 saturated carbocycles. The molecule has 1 spiro atoms. The summed E-state index contributed by atoms with van der Waals surface area (Å²) in [6.07, 6.45) is -8.96. The van der Waals surface area contributed by atoms with Crippen LogP contribution in [0.1, 0.15) is 39.5 Å². The monoisotopic (exact) mass is 502 g/mol. The van der Waals surface area contributed by atoms with Crippen LogP contribution in [0.15, 0.2) is 0 Å². The highest BCUT2D eigenvalue weighted by Gasteiger charge is 2.94. The first-order chi connectivity index (χ1) is 16.3. The van der Waals surface area contributed by atoms with Crippen molar-refractivity contribution in [1.82, 2.24) is 0 Å². The van der Waals surface area contributed by atoms with E-state index in [-0.39, 0.29) is 25.9 Å². The Hall–Kier alpha value is -1.38. The molecule has 0 aromatic heterocycles. The summed E-state index contributed by atoms with van der Waals surface area (Å²) in [5, 5.41) is 64.3. The molecule has 0 unspecified atom stereocenters. The van der Waals surface area contributed by atoms with Gasteiger partial charge in [-0.25, -0.2) is 0 Å². The van der Waals surface area contributed by atoms with Gasteiger partial charge in [0.25, 0.3) is 0 Å². The van der Waals surface area contributed by atoms with Crippen molar-refractivity contribution in [3.63, 3.8) is 0 Å². The van der Waals surface area contributed by atoms with Gasteiger partial charge in [-0.3, -0.25) is 9.59 Å². The summed E-state index contributed by atoms with van der Waals surface area (Å²) in [6, 6.07) is 0. The van der Waals surface area contributed by atoms with E-state index in [0.717, 1.165) is 0 Å². The predicted octanol–water partition coefficient (Wildman–Crippen LogP) is -2.42. The molecular formula is C23H34O12. The zero-order chi connectivity index (χ0) is 25.8. The quantitative estimate of drug-likeness (QED) is 0.218. The average molecular weight is 503 g/mol. The Morgan fingerprint density at radius 2 is 1.83 bits per heavy atom. The molecule has 6 N–H and O–H groups in total. The van der Waals surface area contributed by atoms with E-state index in [1.54, 1.807) is 13.8 Å². The van der Waals surface area contributed by atoms with Gasteiger partial charge < -0.3 is 49.6 Å². The lowest BCUT2D eigenvalue weighted by Gasteiger charge is -2.47. The van der Waals surface area contributed by atoms with Gasteiger partial charge in [0.05, 0.1) is 13.2 Å². The maximum atomic E-state index is 13.9. The number of carbonyl (C=O) groups is 2. The van der Waals surface area contributed by atoms with Crippen LogP contribution >= 0.6 is 0 Å². The van der Waals surface area contributed by atoms with E-state index in [0.29, 0.717) is 6.42 Å². The number of fused-ring (bicyclic) bond motifs is 3. The molecule has 12 nitrogen and oxygen atoms in total. The van der Waals surface area contributed by atoms with E-state index >= 15 is 0 Å². The number of carbonyl (C=O) groups excluding carboxylic acids is 2. The van der Waals surface area contributed by atoms with E-state index in [9.17, 15) is 40.2 Å². The van der Waals surface area contributed by atoms with Crippen LogP contribution in [0.2, 0.25) is 0 Å². The highest BCUT2D eigenvalue weighted by Crippen LogP contribution is 2.81.